The normalized spacial score (nSPS) is 14.6. The molecule has 2 unspecified atom stereocenters. The van der Waals surface area contributed by atoms with Crippen molar-refractivity contribution < 1.29 is 8.78 Å². The van der Waals surface area contributed by atoms with Crippen molar-refractivity contribution in [2.45, 2.75) is 39.2 Å². The number of halogens is 2. The first-order chi connectivity index (χ1) is 8.06. The SMILES string of the molecule is CCC(C)CC(Cc1cc(F)ccc1F)NC. The zero-order valence-electron chi connectivity index (χ0n) is 10.8. The maximum absolute atomic E-state index is 13.5. The molecular weight excluding hydrogens is 220 g/mol. The Labute approximate surface area is 102 Å². The first-order valence-electron chi connectivity index (χ1n) is 6.18. The molecule has 0 aromatic heterocycles. The van der Waals surface area contributed by atoms with Gasteiger partial charge < -0.3 is 5.32 Å². The van der Waals surface area contributed by atoms with Gasteiger partial charge in [-0.15, -0.1) is 0 Å². The minimum absolute atomic E-state index is 0.196. The third kappa shape index (κ3) is 4.43. The molecule has 96 valence electrons. The van der Waals surface area contributed by atoms with Crippen LogP contribution in [0.25, 0.3) is 0 Å². The quantitative estimate of drug-likeness (QED) is 0.803. The van der Waals surface area contributed by atoms with Gasteiger partial charge >= 0.3 is 0 Å². The van der Waals surface area contributed by atoms with Crippen molar-refractivity contribution in [3.63, 3.8) is 0 Å². The number of benzene rings is 1. The molecule has 3 heteroatoms. The molecule has 0 aliphatic rings. The predicted molar refractivity (Wildman–Crippen MR) is 67.0 cm³/mol. The maximum Gasteiger partial charge on any atom is 0.126 e. The van der Waals surface area contributed by atoms with E-state index in [0.29, 0.717) is 17.9 Å². The Balaban J connectivity index is 2.69. The zero-order chi connectivity index (χ0) is 12.8. The van der Waals surface area contributed by atoms with Crippen molar-refractivity contribution in [1.82, 2.24) is 5.32 Å². The molecule has 0 saturated heterocycles. The van der Waals surface area contributed by atoms with Crippen LogP contribution in [0.15, 0.2) is 18.2 Å². The van der Waals surface area contributed by atoms with Gasteiger partial charge in [0.05, 0.1) is 0 Å². The average Bonchev–Trinajstić information content (AvgIpc) is 2.32. The Bertz CT molecular complexity index is 352. The van der Waals surface area contributed by atoms with Crippen molar-refractivity contribution >= 4 is 0 Å². The van der Waals surface area contributed by atoms with Crippen LogP contribution < -0.4 is 5.32 Å². The van der Waals surface area contributed by atoms with Crippen molar-refractivity contribution in [1.29, 1.82) is 0 Å². The fraction of sp³-hybridized carbons (Fsp3) is 0.571. The van der Waals surface area contributed by atoms with Crippen molar-refractivity contribution in [2.24, 2.45) is 5.92 Å². The molecule has 0 amide bonds. The Morgan fingerprint density at radius 3 is 2.59 bits per heavy atom. The third-order valence-electron chi connectivity index (χ3n) is 3.27. The van der Waals surface area contributed by atoms with Gasteiger partial charge in [-0.05, 0) is 49.6 Å². The van der Waals surface area contributed by atoms with E-state index < -0.39 is 0 Å². The summed E-state index contributed by atoms with van der Waals surface area (Å²) in [5.74, 6) is -0.111. The fourth-order valence-corrected chi connectivity index (χ4v) is 1.92. The summed E-state index contributed by atoms with van der Waals surface area (Å²) in [5.41, 5.74) is 0.452. The zero-order valence-corrected chi connectivity index (χ0v) is 10.8. The molecule has 1 rings (SSSR count). The molecule has 1 nitrogen and oxygen atoms in total. The highest BCUT2D eigenvalue weighted by Crippen LogP contribution is 2.16. The van der Waals surface area contributed by atoms with Gasteiger partial charge in [-0.2, -0.15) is 0 Å². The molecule has 0 saturated carbocycles. The summed E-state index contributed by atoms with van der Waals surface area (Å²) in [4.78, 5) is 0. The number of rotatable bonds is 6. The summed E-state index contributed by atoms with van der Waals surface area (Å²) < 4.78 is 26.5. The summed E-state index contributed by atoms with van der Waals surface area (Å²) in [6.45, 7) is 4.31. The van der Waals surface area contributed by atoms with Gasteiger partial charge in [0, 0.05) is 6.04 Å². The van der Waals surface area contributed by atoms with E-state index in [1.165, 1.54) is 12.1 Å². The lowest BCUT2D eigenvalue weighted by atomic mass is 9.94. The largest absolute Gasteiger partial charge is 0.317 e. The van der Waals surface area contributed by atoms with Crippen LogP contribution in [0.2, 0.25) is 0 Å². The monoisotopic (exact) mass is 241 g/mol. The van der Waals surface area contributed by atoms with E-state index in [9.17, 15) is 8.78 Å². The highest BCUT2D eigenvalue weighted by molar-refractivity contribution is 5.19. The Morgan fingerprint density at radius 1 is 1.29 bits per heavy atom. The van der Waals surface area contributed by atoms with Gasteiger partial charge in [0.2, 0.25) is 0 Å². The summed E-state index contributed by atoms with van der Waals surface area (Å²) in [7, 11) is 1.87. The average molecular weight is 241 g/mol. The molecule has 2 atom stereocenters. The van der Waals surface area contributed by atoms with E-state index in [-0.39, 0.29) is 17.7 Å². The number of likely N-dealkylation sites (N-methyl/N-ethyl adjacent to an activating group) is 1. The van der Waals surface area contributed by atoms with E-state index in [0.717, 1.165) is 18.9 Å². The lowest BCUT2D eigenvalue weighted by Gasteiger charge is -2.20. The molecule has 0 fully saturated rings. The minimum Gasteiger partial charge on any atom is -0.317 e. The molecule has 17 heavy (non-hydrogen) atoms. The van der Waals surface area contributed by atoms with Crippen LogP contribution in [0, 0.1) is 17.6 Å². The van der Waals surface area contributed by atoms with Crippen molar-refractivity contribution in [3.8, 4) is 0 Å². The van der Waals surface area contributed by atoms with Gasteiger partial charge in [-0.1, -0.05) is 20.3 Å². The number of nitrogens with one attached hydrogen (secondary N) is 1. The molecule has 1 aromatic rings. The van der Waals surface area contributed by atoms with Gasteiger partial charge in [0.15, 0.2) is 0 Å². The standard InChI is InChI=1S/C14H21F2N/c1-4-10(2)7-13(17-3)9-11-8-12(15)5-6-14(11)16/h5-6,8,10,13,17H,4,7,9H2,1-3H3. The maximum atomic E-state index is 13.5. The Kier molecular flexibility index (Phi) is 5.56. The lowest BCUT2D eigenvalue weighted by molar-refractivity contribution is 0.406. The minimum atomic E-state index is -0.375. The topological polar surface area (TPSA) is 12.0 Å². The van der Waals surface area contributed by atoms with E-state index >= 15 is 0 Å². The summed E-state index contributed by atoms with van der Waals surface area (Å²) in [6.07, 6.45) is 2.61. The molecule has 0 aliphatic heterocycles. The molecule has 0 heterocycles. The first kappa shape index (κ1) is 14.1. The van der Waals surface area contributed by atoms with Crippen LogP contribution in [0.4, 0.5) is 8.78 Å². The van der Waals surface area contributed by atoms with Crippen LogP contribution in [0.5, 0.6) is 0 Å². The van der Waals surface area contributed by atoms with Crippen LogP contribution in [-0.2, 0) is 6.42 Å². The molecule has 0 radical (unpaired) electrons. The number of hydrogen-bond acceptors (Lipinski definition) is 1. The molecule has 1 N–H and O–H groups in total. The summed E-state index contributed by atoms with van der Waals surface area (Å²) in [5, 5.41) is 3.17. The van der Waals surface area contributed by atoms with Crippen LogP contribution in [-0.4, -0.2) is 13.1 Å². The highest BCUT2D eigenvalue weighted by atomic mass is 19.1. The third-order valence-corrected chi connectivity index (χ3v) is 3.27. The van der Waals surface area contributed by atoms with Gasteiger partial charge in [-0.25, -0.2) is 8.78 Å². The Morgan fingerprint density at radius 2 is 2.00 bits per heavy atom. The van der Waals surface area contributed by atoms with Crippen molar-refractivity contribution in [3.05, 3.63) is 35.4 Å². The smallest absolute Gasteiger partial charge is 0.126 e. The summed E-state index contributed by atoms with van der Waals surface area (Å²) >= 11 is 0. The molecule has 0 spiro atoms. The van der Waals surface area contributed by atoms with E-state index in [1.54, 1.807) is 0 Å². The molecule has 1 aromatic carbocycles. The molecular formula is C14H21F2N. The predicted octanol–water partition coefficient (Wildman–Crippen LogP) is 3.53. The van der Waals surface area contributed by atoms with E-state index in [4.69, 9.17) is 0 Å². The fourth-order valence-electron chi connectivity index (χ4n) is 1.92. The second kappa shape index (κ2) is 6.70. The van der Waals surface area contributed by atoms with Gasteiger partial charge in [-0.3, -0.25) is 0 Å². The van der Waals surface area contributed by atoms with Gasteiger partial charge in [0.1, 0.15) is 11.6 Å². The highest BCUT2D eigenvalue weighted by Gasteiger charge is 2.14. The lowest BCUT2D eigenvalue weighted by Crippen LogP contribution is -2.29. The first-order valence-corrected chi connectivity index (χ1v) is 6.18. The number of hydrogen-bond donors (Lipinski definition) is 1. The molecule has 0 bridgehead atoms. The van der Waals surface area contributed by atoms with Crippen LogP contribution >= 0.6 is 0 Å². The van der Waals surface area contributed by atoms with E-state index in [1.807, 2.05) is 7.05 Å². The Hall–Kier alpha value is -0.960. The van der Waals surface area contributed by atoms with Crippen molar-refractivity contribution in [2.75, 3.05) is 7.05 Å². The van der Waals surface area contributed by atoms with Gasteiger partial charge in [0.25, 0.3) is 0 Å². The van der Waals surface area contributed by atoms with Crippen LogP contribution in [0.1, 0.15) is 32.3 Å². The second-order valence-corrected chi connectivity index (χ2v) is 4.67. The second-order valence-electron chi connectivity index (χ2n) is 4.67. The summed E-state index contributed by atoms with van der Waals surface area (Å²) in [6, 6.07) is 3.83. The van der Waals surface area contributed by atoms with E-state index in [2.05, 4.69) is 19.2 Å². The van der Waals surface area contributed by atoms with Crippen LogP contribution in [0.3, 0.4) is 0 Å². The molecule has 0 aliphatic carbocycles.